The molecular weight excluding hydrogens is 299 g/mol. The van der Waals surface area contributed by atoms with Gasteiger partial charge in [-0.3, -0.25) is 10.1 Å². The average molecular weight is 311 g/mol. The molecule has 5 nitrogen and oxygen atoms in total. The maximum absolute atomic E-state index is 13.9. The van der Waals surface area contributed by atoms with Crippen molar-refractivity contribution in [2.75, 3.05) is 0 Å². The molecule has 0 spiro atoms. The summed E-state index contributed by atoms with van der Waals surface area (Å²) in [4.78, 5) is 10.3. The van der Waals surface area contributed by atoms with E-state index >= 15 is 0 Å². The predicted octanol–water partition coefficient (Wildman–Crippen LogP) is 4.20. The van der Waals surface area contributed by atoms with Gasteiger partial charge in [0.15, 0.2) is 11.6 Å². The molecule has 0 amide bonds. The van der Waals surface area contributed by atoms with Gasteiger partial charge < -0.3 is 10.5 Å². The summed E-state index contributed by atoms with van der Waals surface area (Å²) in [6.07, 6.45) is 0. The summed E-state index contributed by atoms with van der Waals surface area (Å²) in [5.74, 6) is -0.913. The molecule has 0 aliphatic heterocycles. The van der Waals surface area contributed by atoms with Gasteiger partial charge in [0.05, 0.1) is 4.92 Å². The minimum atomic E-state index is -0.654. The summed E-state index contributed by atoms with van der Waals surface area (Å²) in [6.45, 7) is 1.72. The van der Waals surface area contributed by atoms with Crippen molar-refractivity contribution >= 4 is 17.3 Å². The smallest absolute Gasteiger partial charge is 0.311 e. The number of nitro benzene ring substituents is 1. The van der Waals surface area contributed by atoms with E-state index in [-0.39, 0.29) is 28.3 Å². The molecule has 0 aromatic heterocycles. The molecule has 0 saturated carbocycles. The van der Waals surface area contributed by atoms with Gasteiger partial charge in [0, 0.05) is 23.2 Å². The topological polar surface area (TPSA) is 78.4 Å². The van der Waals surface area contributed by atoms with Gasteiger partial charge in [-0.1, -0.05) is 17.7 Å². The number of nitrogens with zero attached hydrogens (tertiary/aromatic N) is 1. The molecule has 0 saturated heterocycles. The third-order valence-corrected chi connectivity index (χ3v) is 3.06. The largest absolute Gasteiger partial charge is 0.447 e. The molecule has 2 N–H and O–H groups in total. The van der Waals surface area contributed by atoms with Crippen LogP contribution in [0, 0.1) is 15.9 Å². The number of hydrogen-bond acceptors (Lipinski definition) is 4. The minimum Gasteiger partial charge on any atom is -0.447 e. The fourth-order valence-electron chi connectivity index (χ4n) is 1.72. The van der Waals surface area contributed by atoms with E-state index in [9.17, 15) is 14.5 Å². The number of nitrogens with two attached hydrogens (primary N) is 1. The zero-order valence-electron chi connectivity index (χ0n) is 11.0. The maximum Gasteiger partial charge on any atom is 0.311 e. The Bertz CT molecular complexity index is 692. The fourth-order valence-corrected chi connectivity index (χ4v) is 1.88. The lowest BCUT2D eigenvalue weighted by Gasteiger charge is -2.10. The van der Waals surface area contributed by atoms with E-state index < -0.39 is 10.7 Å². The number of benzene rings is 2. The zero-order chi connectivity index (χ0) is 15.6. The summed E-state index contributed by atoms with van der Waals surface area (Å²) < 4.78 is 19.2. The lowest BCUT2D eigenvalue weighted by molar-refractivity contribution is -0.385. The monoisotopic (exact) mass is 310 g/mol. The average Bonchev–Trinajstić information content (AvgIpc) is 2.40. The van der Waals surface area contributed by atoms with Crippen molar-refractivity contribution in [3.8, 4) is 11.5 Å². The molecule has 110 valence electrons. The number of rotatable bonds is 4. The predicted molar refractivity (Wildman–Crippen MR) is 77.2 cm³/mol. The van der Waals surface area contributed by atoms with Gasteiger partial charge >= 0.3 is 5.69 Å². The van der Waals surface area contributed by atoms with Crippen LogP contribution in [-0.2, 0) is 0 Å². The van der Waals surface area contributed by atoms with Gasteiger partial charge in [-0.25, -0.2) is 4.39 Å². The number of ether oxygens (including phenoxy) is 1. The molecule has 0 fully saturated rings. The lowest BCUT2D eigenvalue weighted by Crippen LogP contribution is -2.05. The van der Waals surface area contributed by atoms with Gasteiger partial charge in [0.1, 0.15) is 0 Å². The van der Waals surface area contributed by atoms with E-state index in [1.807, 2.05) is 0 Å². The standard InChI is InChI=1S/C14H12ClFN2O3/c1-8(17)9-2-5-13(11(16)6-9)21-14-7-10(15)3-4-12(14)18(19)20/h2-8H,17H2,1H3. The summed E-state index contributed by atoms with van der Waals surface area (Å²) in [5.41, 5.74) is 5.96. The first-order valence-electron chi connectivity index (χ1n) is 6.05. The molecule has 2 rings (SSSR count). The quantitative estimate of drug-likeness (QED) is 0.678. The van der Waals surface area contributed by atoms with Gasteiger partial charge in [-0.05, 0) is 30.7 Å². The molecule has 1 atom stereocenters. The second-order valence-corrected chi connectivity index (χ2v) is 4.89. The van der Waals surface area contributed by atoms with Crippen LogP contribution in [0.4, 0.5) is 10.1 Å². The van der Waals surface area contributed by atoms with Crippen molar-refractivity contribution in [2.45, 2.75) is 13.0 Å². The zero-order valence-corrected chi connectivity index (χ0v) is 11.8. The number of hydrogen-bond donors (Lipinski definition) is 1. The Kier molecular flexibility index (Phi) is 4.40. The highest BCUT2D eigenvalue weighted by molar-refractivity contribution is 6.30. The van der Waals surface area contributed by atoms with Crippen molar-refractivity contribution in [3.05, 3.63) is 62.9 Å². The number of nitro groups is 1. The third-order valence-electron chi connectivity index (χ3n) is 2.82. The highest BCUT2D eigenvalue weighted by Gasteiger charge is 2.18. The molecule has 0 aliphatic carbocycles. The molecule has 7 heteroatoms. The number of halogens is 2. The highest BCUT2D eigenvalue weighted by atomic mass is 35.5. The van der Waals surface area contributed by atoms with Crippen molar-refractivity contribution in [2.24, 2.45) is 5.73 Å². The summed E-state index contributed by atoms with van der Waals surface area (Å²) >= 11 is 5.78. The Morgan fingerprint density at radius 3 is 2.57 bits per heavy atom. The molecule has 2 aromatic rings. The van der Waals surface area contributed by atoms with E-state index in [1.165, 1.54) is 30.3 Å². The van der Waals surface area contributed by atoms with E-state index in [2.05, 4.69) is 0 Å². The van der Waals surface area contributed by atoms with Crippen LogP contribution in [0.1, 0.15) is 18.5 Å². The molecule has 0 aliphatic rings. The van der Waals surface area contributed by atoms with E-state index in [0.717, 1.165) is 0 Å². The third kappa shape index (κ3) is 3.48. The Balaban J connectivity index is 2.38. The lowest BCUT2D eigenvalue weighted by atomic mass is 10.1. The van der Waals surface area contributed by atoms with Crippen molar-refractivity contribution in [1.82, 2.24) is 0 Å². The summed E-state index contributed by atoms with van der Waals surface area (Å²) in [7, 11) is 0. The SMILES string of the molecule is CC(N)c1ccc(Oc2cc(Cl)ccc2[N+](=O)[O-])c(F)c1. The van der Waals surface area contributed by atoms with Crippen LogP contribution in [0.3, 0.4) is 0 Å². The summed E-state index contributed by atoms with van der Waals surface area (Å²) in [6, 6.07) is 7.70. The first-order chi connectivity index (χ1) is 9.88. The van der Waals surface area contributed by atoms with Crippen LogP contribution in [-0.4, -0.2) is 4.92 Å². The Morgan fingerprint density at radius 2 is 2.00 bits per heavy atom. The first-order valence-corrected chi connectivity index (χ1v) is 6.43. The second kappa shape index (κ2) is 6.07. The van der Waals surface area contributed by atoms with E-state index in [0.29, 0.717) is 5.56 Å². The first kappa shape index (κ1) is 15.2. The van der Waals surface area contributed by atoms with Crippen LogP contribution in [0.2, 0.25) is 5.02 Å². The van der Waals surface area contributed by atoms with Gasteiger partial charge in [-0.15, -0.1) is 0 Å². The van der Waals surface area contributed by atoms with Crippen LogP contribution in [0.15, 0.2) is 36.4 Å². The molecule has 2 aromatic carbocycles. The highest BCUT2D eigenvalue weighted by Crippen LogP contribution is 2.35. The van der Waals surface area contributed by atoms with Gasteiger partial charge in [-0.2, -0.15) is 0 Å². The van der Waals surface area contributed by atoms with Crippen LogP contribution in [0.25, 0.3) is 0 Å². The van der Waals surface area contributed by atoms with Crippen LogP contribution >= 0.6 is 11.6 Å². The molecule has 0 radical (unpaired) electrons. The molecule has 0 heterocycles. The molecule has 0 bridgehead atoms. The Labute approximate surface area is 125 Å². The second-order valence-electron chi connectivity index (χ2n) is 4.45. The van der Waals surface area contributed by atoms with Crippen molar-refractivity contribution in [1.29, 1.82) is 0 Å². The maximum atomic E-state index is 13.9. The molecular formula is C14H12ClFN2O3. The Morgan fingerprint density at radius 1 is 1.29 bits per heavy atom. The molecule has 21 heavy (non-hydrogen) atoms. The van der Waals surface area contributed by atoms with Gasteiger partial charge in [0.25, 0.3) is 0 Å². The van der Waals surface area contributed by atoms with Crippen molar-refractivity contribution in [3.63, 3.8) is 0 Å². The minimum absolute atomic E-state index is 0.125. The summed E-state index contributed by atoms with van der Waals surface area (Å²) in [5, 5.41) is 11.2. The van der Waals surface area contributed by atoms with E-state index in [4.69, 9.17) is 22.1 Å². The Hall–Kier alpha value is -2.18. The van der Waals surface area contributed by atoms with E-state index in [1.54, 1.807) is 13.0 Å². The molecule has 1 unspecified atom stereocenters. The van der Waals surface area contributed by atoms with Crippen molar-refractivity contribution < 1.29 is 14.1 Å². The van der Waals surface area contributed by atoms with Gasteiger partial charge in [0.2, 0.25) is 5.75 Å². The normalized spacial score (nSPS) is 12.0. The van der Waals surface area contributed by atoms with Crippen LogP contribution in [0.5, 0.6) is 11.5 Å². The van der Waals surface area contributed by atoms with Crippen LogP contribution < -0.4 is 10.5 Å². The fraction of sp³-hybridized carbons (Fsp3) is 0.143.